The molecule has 0 saturated heterocycles. The third-order valence-electron chi connectivity index (χ3n) is 6.01. The van der Waals surface area contributed by atoms with Gasteiger partial charge in [-0.15, -0.1) is 0 Å². The predicted octanol–water partition coefficient (Wildman–Crippen LogP) is 6.26. The summed E-state index contributed by atoms with van der Waals surface area (Å²) in [6, 6.07) is 8.09. The Morgan fingerprint density at radius 2 is 1.54 bits per heavy atom. The molecule has 0 radical (unpaired) electrons. The number of hydrogen-bond donors (Lipinski definition) is 0. The van der Waals surface area contributed by atoms with Crippen LogP contribution in [0.1, 0.15) is 91.5 Å². The minimum atomic E-state index is -0.441. The number of benzene rings is 1. The smallest absolute Gasteiger partial charge is 0.316 e. The van der Waals surface area contributed by atoms with Crippen molar-refractivity contribution in [2.24, 2.45) is 5.41 Å². The highest BCUT2D eigenvalue weighted by atomic mass is 16.5. The van der Waals surface area contributed by atoms with Gasteiger partial charge in [-0.1, -0.05) is 26.0 Å². The van der Waals surface area contributed by atoms with Crippen LogP contribution in [0.25, 0.3) is 0 Å². The molecule has 1 saturated carbocycles. The molecule has 0 aromatic heterocycles. The van der Waals surface area contributed by atoms with E-state index in [1.165, 1.54) is 5.56 Å². The molecule has 1 aliphatic rings. The van der Waals surface area contributed by atoms with Crippen molar-refractivity contribution in [3.8, 4) is 5.75 Å². The molecule has 0 N–H and O–H groups in total. The van der Waals surface area contributed by atoms with Gasteiger partial charge < -0.3 is 9.47 Å². The fraction of sp³-hybridized carbons (Fsp3) is 0.696. The Bertz CT molecular complexity index is 578. The van der Waals surface area contributed by atoms with Crippen molar-refractivity contribution in [2.45, 2.75) is 97.7 Å². The lowest BCUT2D eigenvalue weighted by molar-refractivity contribution is -0.144. The van der Waals surface area contributed by atoms with Crippen molar-refractivity contribution in [3.63, 3.8) is 0 Å². The summed E-state index contributed by atoms with van der Waals surface area (Å²) in [6.07, 6.45) is 6.76. The number of ether oxygens (including phenoxy) is 2. The lowest BCUT2D eigenvalue weighted by atomic mass is 9.82. The second-order valence-electron chi connectivity index (χ2n) is 8.90. The summed E-state index contributed by atoms with van der Waals surface area (Å²) in [6.45, 7) is 12.4. The van der Waals surface area contributed by atoms with Gasteiger partial charge in [0.2, 0.25) is 0 Å². The molecule has 1 aliphatic carbocycles. The van der Waals surface area contributed by atoms with Gasteiger partial charge in [0.15, 0.2) is 0 Å². The second kappa shape index (κ2) is 8.56. The first kappa shape index (κ1) is 21.0. The van der Waals surface area contributed by atoms with E-state index in [0.29, 0.717) is 17.8 Å². The van der Waals surface area contributed by atoms with E-state index in [2.05, 4.69) is 32.9 Å². The number of carbonyl (C=O) groups is 1. The van der Waals surface area contributed by atoms with Crippen LogP contribution in [0.2, 0.25) is 0 Å². The number of esters is 1. The zero-order chi connectivity index (χ0) is 19.4. The van der Waals surface area contributed by atoms with Crippen molar-refractivity contribution in [2.75, 3.05) is 0 Å². The van der Waals surface area contributed by atoms with E-state index >= 15 is 0 Å². The maximum Gasteiger partial charge on any atom is 0.316 e. The van der Waals surface area contributed by atoms with Gasteiger partial charge in [-0.3, -0.25) is 4.79 Å². The quantitative estimate of drug-likeness (QED) is 0.425. The molecular formula is C23H36O3. The van der Waals surface area contributed by atoms with Crippen LogP contribution < -0.4 is 4.74 Å². The minimum absolute atomic E-state index is 0.0186. The van der Waals surface area contributed by atoms with Gasteiger partial charge >= 0.3 is 5.97 Å². The zero-order valence-electron chi connectivity index (χ0n) is 17.4. The fourth-order valence-electron chi connectivity index (χ4n) is 3.25. The summed E-state index contributed by atoms with van der Waals surface area (Å²) in [5.74, 6) is 1.06. The predicted molar refractivity (Wildman–Crippen MR) is 107 cm³/mol. The molecule has 3 heteroatoms. The molecule has 2 rings (SSSR count). The third-order valence-corrected chi connectivity index (χ3v) is 6.01. The van der Waals surface area contributed by atoms with Gasteiger partial charge in [-0.25, -0.2) is 0 Å². The first-order valence-electron chi connectivity index (χ1n) is 10.2. The van der Waals surface area contributed by atoms with E-state index in [1.54, 1.807) is 0 Å². The summed E-state index contributed by atoms with van der Waals surface area (Å²) in [5, 5.41) is 0. The van der Waals surface area contributed by atoms with Crippen LogP contribution in [0.15, 0.2) is 24.3 Å². The molecule has 26 heavy (non-hydrogen) atoms. The molecule has 0 bridgehead atoms. The Labute approximate surface area is 159 Å². The van der Waals surface area contributed by atoms with Crippen LogP contribution in [0.4, 0.5) is 0 Å². The topological polar surface area (TPSA) is 35.5 Å². The summed E-state index contributed by atoms with van der Waals surface area (Å²) in [7, 11) is 0. The Morgan fingerprint density at radius 3 is 2.04 bits per heavy atom. The van der Waals surface area contributed by atoms with Gasteiger partial charge in [-0.05, 0) is 89.8 Å². The highest BCUT2D eigenvalue weighted by Gasteiger charge is 2.29. The molecule has 0 amide bonds. The lowest BCUT2D eigenvalue weighted by Crippen LogP contribution is -2.32. The average Bonchev–Trinajstić information content (AvgIpc) is 2.62. The summed E-state index contributed by atoms with van der Waals surface area (Å²) in [4.78, 5) is 12.2. The van der Waals surface area contributed by atoms with Gasteiger partial charge in [0.1, 0.15) is 5.75 Å². The normalized spacial score (nSPS) is 21.5. The van der Waals surface area contributed by atoms with Crippen molar-refractivity contribution in [3.05, 3.63) is 29.8 Å². The van der Waals surface area contributed by atoms with Crippen molar-refractivity contribution in [1.29, 1.82) is 0 Å². The van der Waals surface area contributed by atoms with Gasteiger partial charge in [-0.2, -0.15) is 0 Å². The van der Waals surface area contributed by atoms with Gasteiger partial charge in [0.05, 0.1) is 17.1 Å². The van der Waals surface area contributed by atoms with Crippen molar-refractivity contribution < 1.29 is 14.3 Å². The Kier molecular flexibility index (Phi) is 6.90. The Hall–Kier alpha value is -1.35. The molecule has 0 aliphatic heterocycles. The van der Waals surface area contributed by atoms with Crippen molar-refractivity contribution in [1.82, 2.24) is 0 Å². The molecule has 0 heterocycles. The molecule has 1 aromatic rings. The van der Waals surface area contributed by atoms with E-state index in [1.807, 2.05) is 32.9 Å². The number of carbonyl (C=O) groups excluding carboxylic acids is 1. The second-order valence-corrected chi connectivity index (χ2v) is 8.90. The van der Waals surface area contributed by atoms with Crippen LogP contribution in [-0.2, 0) is 9.53 Å². The molecule has 0 spiro atoms. The van der Waals surface area contributed by atoms with E-state index < -0.39 is 5.41 Å². The molecule has 0 atom stereocenters. The highest BCUT2D eigenvalue weighted by molar-refractivity contribution is 5.78. The monoisotopic (exact) mass is 360 g/mol. The van der Waals surface area contributed by atoms with Crippen molar-refractivity contribution >= 4 is 5.97 Å². The van der Waals surface area contributed by atoms with Crippen LogP contribution in [0.3, 0.4) is 0 Å². The Balaban J connectivity index is 1.89. The van der Waals surface area contributed by atoms with Crippen LogP contribution in [-0.4, -0.2) is 17.7 Å². The molecule has 146 valence electrons. The average molecular weight is 361 g/mol. The standard InChI is InChI=1S/C23H36O3/c1-7-22(3,4)21(24)25-19-13-9-17(10-14-19)18-11-15-20(16-12-18)26-23(5,6)8-2/h9-10,13-14,18,20H,7-8,11-12,15-16H2,1-6H3. The van der Waals surface area contributed by atoms with E-state index in [0.717, 1.165) is 38.5 Å². The number of hydrogen-bond acceptors (Lipinski definition) is 3. The molecular weight excluding hydrogens is 324 g/mol. The van der Waals surface area contributed by atoms with Crippen LogP contribution in [0.5, 0.6) is 5.75 Å². The van der Waals surface area contributed by atoms with Gasteiger partial charge in [0, 0.05) is 0 Å². The molecule has 0 unspecified atom stereocenters. The number of rotatable bonds is 7. The Morgan fingerprint density at radius 1 is 0.962 bits per heavy atom. The molecule has 1 fully saturated rings. The van der Waals surface area contributed by atoms with E-state index in [9.17, 15) is 4.79 Å². The van der Waals surface area contributed by atoms with E-state index in [4.69, 9.17) is 9.47 Å². The first-order chi connectivity index (χ1) is 12.2. The van der Waals surface area contributed by atoms with Crippen LogP contribution >= 0.6 is 0 Å². The lowest BCUT2D eigenvalue weighted by Gasteiger charge is -2.35. The zero-order valence-corrected chi connectivity index (χ0v) is 17.4. The maximum atomic E-state index is 12.2. The van der Waals surface area contributed by atoms with E-state index in [-0.39, 0.29) is 11.6 Å². The minimum Gasteiger partial charge on any atom is -0.426 e. The highest BCUT2D eigenvalue weighted by Crippen LogP contribution is 2.36. The molecule has 3 nitrogen and oxygen atoms in total. The largest absolute Gasteiger partial charge is 0.426 e. The summed E-state index contributed by atoms with van der Waals surface area (Å²) >= 11 is 0. The van der Waals surface area contributed by atoms with Gasteiger partial charge in [0.25, 0.3) is 0 Å². The first-order valence-corrected chi connectivity index (χ1v) is 10.2. The maximum absolute atomic E-state index is 12.2. The third kappa shape index (κ3) is 5.57. The van der Waals surface area contributed by atoms with Crippen LogP contribution in [0, 0.1) is 5.41 Å². The summed E-state index contributed by atoms with van der Waals surface area (Å²) in [5.41, 5.74) is 0.881. The fourth-order valence-corrected chi connectivity index (χ4v) is 3.25. The molecule has 1 aromatic carbocycles. The SMILES string of the molecule is CCC(C)(C)OC1CCC(c2ccc(OC(=O)C(C)(C)CC)cc2)CC1. The summed E-state index contributed by atoms with van der Waals surface area (Å²) < 4.78 is 11.8.